The van der Waals surface area contributed by atoms with Crippen LogP contribution >= 0.6 is 0 Å². The van der Waals surface area contributed by atoms with Crippen LogP contribution in [0.3, 0.4) is 0 Å². The number of ether oxygens (including phenoxy) is 1. The van der Waals surface area contributed by atoms with Crippen molar-refractivity contribution in [1.29, 1.82) is 0 Å². The summed E-state index contributed by atoms with van der Waals surface area (Å²) in [5.74, 6) is -0.448. The highest BCUT2D eigenvalue weighted by atomic mass is 29.3. The first-order valence-electron chi connectivity index (χ1n) is 7.94. The molecule has 0 aromatic carbocycles. The van der Waals surface area contributed by atoms with E-state index in [9.17, 15) is 9.59 Å². The second-order valence-electron chi connectivity index (χ2n) is 8.46. The summed E-state index contributed by atoms with van der Waals surface area (Å²) in [5.41, 5.74) is 0.346. The van der Waals surface area contributed by atoms with Gasteiger partial charge in [-0.05, 0) is 39.7 Å². The Morgan fingerprint density at radius 1 is 1.00 bits per heavy atom. The van der Waals surface area contributed by atoms with Crippen molar-refractivity contribution in [2.75, 3.05) is 6.61 Å². The van der Waals surface area contributed by atoms with Gasteiger partial charge in [-0.15, -0.1) is 0 Å². The minimum atomic E-state index is -3.38. The van der Waals surface area contributed by atoms with Crippen molar-refractivity contribution in [3.8, 4) is 0 Å². The Hall–Kier alpha value is -0.0425. The predicted octanol–water partition coefficient (Wildman–Crippen LogP) is 3.53. The lowest BCUT2D eigenvalue weighted by Crippen LogP contribution is -2.64. The van der Waals surface area contributed by atoms with Crippen LogP contribution in [-0.2, 0) is 17.8 Å². The molecule has 0 aromatic heterocycles. The highest BCUT2D eigenvalue weighted by Crippen LogP contribution is 2.27. The molecule has 0 aromatic rings. The van der Waals surface area contributed by atoms with Crippen molar-refractivity contribution < 1.29 is 22.6 Å². The Morgan fingerprint density at radius 3 is 1.83 bits per heavy atom. The summed E-state index contributed by atoms with van der Waals surface area (Å²) in [6.07, 6.45) is 0. The number of hydrogen-bond acceptors (Lipinski definition) is 5. The van der Waals surface area contributed by atoms with Gasteiger partial charge in [0.1, 0.15) is 0 Å². The molecule has 9 heteroatoms. The lowest BCUT2D eigenvalue weighted by atomic mass is 10.4. The fraction of sp³-hybridized carbons (Fsp3) is 0.786. The van der Waals surface area contributed by atoms with E-state index >= 15 is 0 Å². The third-order valence-corrected chi connectivity index (χ3v) is 26.9. The molecule has 136 valence electrons. The van der Waals surface area contributed by atoms with E-state index in [1.165, 1.54) is 0 Å². The van der Waals surface area contributed by atoms with Crippen LogP contribution in [0, 0.1) is 0 Å². The number of hydrogen-bond donors (Lipinski definition) is 1. The lowest BCUT2D eigenvalue weighted by molar-refractivity contribution is -0.138. The number of carbonyl (C=O) groups is 1. The van der Waals surface area contributed by atoms with Crippen molar-refractivity contribution >= 4 is 38.5 Å². The van der Waals surface area contributed by atoms with Gasteiger partial charge in [-0.2, -0.15) is 0 Å². The first kappa shape index (κ1) is 23.0. The average molecular weight is 395 g/mol. The zero-order chi connectivity index (χ0) is 18.7. The van der Waals surface area contributed by atoms with Gasteiger partial charge in [0.25, 0.3) is 0 Å². The zero-order valence-corrected chi connectivity index (χ0v) is 20.2. The normalized spacial score (nSPS) is 15.9. The summed E-state index contributed by atoms with van der Waals surface area (Å²) >= 11 is 0. The smallest absolute Gasteiger partial charge is 0.462 e. The quantitative estimate of drug-likeness (QED) is 0.368. The van der Waals surface area contributed by atoms with Gasteiger partial charge in [0.05, 0.1) is 20.2 Å². The highest BCUT2D eigenvalue weighted by molar-refractivity contribution is 7.38. The van der Waals surface area contributed by atoms with E-state index in [2.05, 4.69) is 39.3 Å². The fourth-order valence-corrected chi connectivity index (χ4v) is 15.7. The summed E-state index contributed by atoms with van der Waals surface area (Å²) in [6, 6.07) is 0.233. The third-order valence-electron chi connectivity index (χ3n) is 3.69. The summed E-state index contributed by atoms with van der Waals surface area (Å²) < 4.78 is 17.5. The molecule has 0 radical (unpaired) electrons. The van der Waals surface area contributed by atoms with Crippen molar-refractivity contribution in [2.45, 2.75) is 65.3 Å². The number of rotatable bonds is 9. The molecular weight excluding hydrogens is 360 g/mol. The maximum Gasteiger partial charge on any atom is 0.480 e. The van der Waals surface area contributed by atoms with E-state index in [0.29, 0.717) is 5.57 Å². The van der Waals surface area contributed by atoms with Gasteiger partial charge in [-0.1, -0.05) is 26.2 Å². The van der Waals surface area contributed by atoms with Gasteiger partial charge in [-0.3, -0.25) is 0 Å². The Morgan fingerprint density at radius 2 is 1.48 bits per heavy atom. The van der Waals surface area contributed by atoms with E-state index in [1.54, 1.807) is 6.92 Å². The number of carbonyl (C=O) groups excluding carboxylic acids is 1. The summed E-state index contributed by atoms with van der Waals surface area (Å²) in [5, 5.41) is 0. The molecule has 0 aliphatic heterocycles. The zero-order valence-electron chi connectivity index (χ0n) is 16.2. The maximum absolute atomic E-state index is 11.5. The number of esters is 1. The maximum atomic E-state index is 11.5. The largest absolute Gasteiger partial charge is 0.480 e. The first-order valence-corrected chi connectivity index (χ1v) is 20.7. The highest BCUT2D eigenvalue weighted by Gasteiger charge is 2.50. The molecule has 0 spiro atoms. The molecular formula is C14H34O5Si4. The third kappa shape index (κ3) is 8.56. The molecule has 0 rings (SSSR count). The van der Waals surface area contributed by atoms with Crippen LogP contribution in [0.25, 0.3) is 0 Å². The molecule has 0 fully saturated rings. The predicted molar refractivity (Wildman–Crippen MR) is 105 cm³/mol. The average Bonchev–Trinajstić information content (AvgIpc) is 2.22. The van der Waals surface area contributed by atoms with Crippen LogP contribution < -0.4 is 0 Å². The Kier molecular flexibility index (Phi) is 7.88. The van der Waals surface area contributed by atoms with Crippen LogP contribution in [-0.4, -0.2) is 49.9 Å². The molecule has 23 heavy (non-hydrogen) atoms. The summed E-state index contributed by atoms with van der Waals surface area (Å²) in [6.45, 7) is 22.4. The van der Waals surface area contributed by atoms with Gasteiger partial charge < -0.3 is 17.8 Å². The van der Waals surface area contributed by atoms with E-state index in [0.717, 1.165) is 0 Å². The second kappa shape index (κ2) is 7.89. The molecule has 0 amide bonds. The van der Waals surface area contributed by atoms with E-state index in [4.69, 9.17) is 13.0 Å². The first-order chi connectivity index (χ1) is 9.99. The van der Waals surface area contributed by atoms with E-state index in [-0.39, 0.29) is 12.7 Å². The molecule has 1 N–H and O–H groups in total. The Bertz CT molecular complexity index is 439. The van der Waals surface area contributed by atoms with Crippen molar-refractivity contribution in [1.82, 2.24) is 0 Å². The molecule has 0 bridgehead atoms. The molecule has 0 aliphatic carbocycles. The van der Waals surface area contributed by atoms with Crippen LogP contribution in [0.1, 0.15) is 6.92 Å². The Balaban J connectivity index is 5.12. The lowest BCUT2D eigenvalue weighted by Gasteiger charge is -2.42. The van der Waals surface area contributed by atoms with E-state index in [1.807, 2.05) is 19.6 Å². The fourth-order valence-electron chi connectivity index (χ4n) is 1.55. The molecule has 5 nitrogen and oxygen atoms in total. The van der Waals surface area contributed by atoms with Crippen molar-refractivity contribution in [2.24, 2.45) is 0 Å². The monoisotopic (exact) mass is 394 g/mol. The SMILES string of the molecule is C=C(C)C(=O)OCC[Si](O)(O[Si](C)(C)C)O[Si](C)(C)[Si](C)(C)C. The van der Waals surface area contributed by atoms with Crippen LogP contribution in [0.15, 0.2) is 12.2 Å². The van der Waals surface area contributed by atoms with Crippen molar-refractivity contribution in [3.63, 3.8) is 0 Å². The van der Waals surface area contributed by atoms with Gasteiger partial charge in [0.2, 0.25) is 0 Å². The minimum Gasteiger partial charge on any atom is -0.462 e. The molecule has 1 atom stereocenters. The molecule has 0 aliphatic rings. The van der Waals surface area contributed by atoms with Crippen LogP contribution in [0.4, 0.5) is 0 Å². The minimum absolute atomic E-state index is 0.0923. The topological polar surface area (TPSA) is 65.0 Å². The summed E-state index contributed by atoms with van der Waals surface area (Å²) in [4.78, 5) is 22.6. The molecule has 1 unspecified atom stereocenters. The van der Waals surface area contributed by atoms with Crippen molar-refractivity contribution in [3.05, 3.63) is 12.2 Å². The van der Waals surface area contributed by atoms with Gasteiger partial charge in [0, 0.05) is 5.57 Å². The van der Waals surface area contributed by atoms with Gasteiger partial charge in [-0.25, -0.2) is 4.79 Å². The van der Waals surface area contributed by atoms with Crippen LogP contribution in [0.2, 0.25) is 58.4 Å². The van der Waals surface area contributed by atoms with E-state index < -0.39 is 38.5 Å². The second-order valence-corrected chi connectivity index (χ2v) is 31.9. The Labute approximate surface area is 145 Å². The molecule has 0 heterocycles. The standard InChI is InChI=1S/C14H34O5Si4/c1-13(2)14(15)17-11-12-23(16,18-20(3,4)5)19-22(9,10)21(6,7)8/h16H,1,11-12H2,2-10H3. The van der Waals surface area contributed by atoms with Crippen LogP contribution in [0.5, 0.6) is 0 Å². The molecule has 0 saturated carbocycles. The van der Waals surface area contributed by atoms with Gasteiger partial charge >= 0.3 is 14.8 Å². The summed E-state index contributed by atoms with van der Waals surface area (Å²) in [7, 11) is -8.96. The molecule has 0 saturated heterocycles. The van der Waals surface area contributed by atoms with Gasteiger partial charge in [0.15, 0.2) is 16.2 Å².